The van der Waals surface area contributed by atoms with Crippen LogP contribution in [-0.2, 0) is 0 Å². The van der Waals surface area contributed by atoms with Gasteiger partial charge in [-0.1, -0.05) is 31.9 Å². The van der Waals surface area contributed by atoms with Gasteiger partial charge in [0.2, 0.25) is 0 Å². The number of hydrogen-bond acceptors (Lipinski definition) is 2. The first-order chi connectivity index (χ1) is 8.70. The topological polar surface area (TPSA) is 21.3 Å². The number of nitrogens with one attached hydrogen (secondary N) is 1. The molecule has 0 amide bonds. The normalized spacial score (nSPS) is 23.1. The fraction of sp³-hybridized carbons (Fsp3) is 0.600. The summed E-state index contributed by atoms with van der Waals surface area (Å²) in [5.74, 6) is 1.64. The Labute approximate surface area is 115 Å². The molecule has 2 atom stereocenters. The van der Waals surface area contributed by atoms with Crippen molar-refractivity contribution in [2.45, 2.75) is 45.6 Å². The molecule has 0 radical (unpaired) electrons. The van der Waals surface area contributed by atoms with Crippen molar-refractivity contribution >= 4 is 17.3 Å². The van der Waals surface area contributed by atoms with Gasteiger partial charge in [0.1, 0.15) is 5.75 Å². The lowest BCUT2D eigenvalue weighted by atomic mass is 10.1. The second kappa shape index (κ2) is 6.33. The van der Waals surface area contributed by atoms with Crippen LogP contribution in [0.25, 0.3) is 0 Å². The highest BCUT2D eigenvalue weighted by molar-refractivity contribution is 6.30. The summed E-state index contributed by atoms with van der Waals surface area (Å²) in [5.41, 5.74) is 1.04. The van der Waals surface area contributed by atoms with Crippen LogP contribution in [0.2, 0.25) is 5.02 Å². The third-order valence-electron chi connectivity index (χ3n) is 3.61. The third-order valence-corrected chi connectivity index (χ3v) is 3.84. The Balaban J connectivity index is 2.11. The van der Waals surface area contributed by atoms with Gasteiger partial charge in [-0.3, -0.25) is 0 Å². The third kappa shape index (κ3) is 3.32. The van der Waals surface area contributed by atoms with Crippen LogP contribution in [0.4, 0.5) is 5.69 Å². The Morgan fingerprint density at radius 3 is 2.89 bits per heavy atom. The molecule has 1 aromatic rings. The second-order valence-corrected chi connectivity index (χ2v) is 5.58. The standard InChI is InChI=1S/C15H22ClNO/c1-3-9-18-15-8-7-12(16)10-14(15)17-13-6-4-5-11(13)2/h7-8,10-11,13,17H,3-6,9H2,1-2H3. The molecule has 2 unspecified atom stereocenters. The Morgan fingerprint density at radius 2 is 2.22 bits per heavy atom. The first-order valence-electron chi connectivity index (χ1n) is 6.89. The number of anilines is 1. The van der Waals surface area contributed by atoms with Crippen LogP contribution >= 0.6 is 11.6 Å². The molecular weight excluding hydrogens is 246 g/mol. The molecule has 1 fully saturated rings. The minimum absolute atomic E-state index is 0.549. The molecule has 0 aliphatic heterocycles. The number of rotatable bonds is 5. The minimum atomic E-state index is 0.549. The molecule has 0 bridgehead atoms. The van der Waals surface area contributed by atoms with Crippen LogP contribution in [-0.4, -0.2) is 12.6 Å². The van der Waals surface area contributed by atoms with Crippen molar-refractivity contribution in [3.63, 3.8) is 0 Å². The van der Waals surface area contributed by atoms with E-state index in [1.165, 1.54) is 19.3 Å². The van der Waals surface area contributed by atoms with Gasteiger partial charge in [-0.05, 0) is 43.4 Å². The van der Waals surface area contributed by atoms with Crippen LogP contribution in [0, 0.1) is 5.92 Å². The summed E-state index contributed by atoms with van der Waals surface area (Å²) in [6, 6.07) is 6.36. The first kappa shape index (κ1) is 13.5. The van der Waals surface area contributed by atoms with Crippen molar-refractivity contribution in [2.75, 3.05) is 11.9 Å². The van der Waals surface area contributed by atoms with E-state index in [0.29, 0.717) is 6.04 Å². The summed E-state index contributed by atoms with van der Waals surface area (Å²) in [7, 11) is 0. The van der Waals surface area contributed by atoms with Gasteiger partial charge in [-0.2, -0.15) is 0 Å². The Kier molecular flexibility index (Phi) is 4.76. The van der Waals surface area contributed by atoms with Crippen LogP contribution in [0.5, 0.6) is 5.75 Å². The van der Waals surface area contributed by atoms with E-state index in [1.807, 2.05) is 18.2 Å². The summed E-state index contributed by atoms with van der Waals surface area (Å²) >= 11 is 6.08. The zero-order chi connectivity index (χ0) is 13.0. The number of ether oxygens (including phenoxy) is 1. The lowest BCUT2D eigenvalue weighted by molar-refractivity contribution is 0.318. The van der Waals surface area contributed by atoms with Crippen molar-refractivity contribution in [3.05, 3.63) is 23.2 Å². The Morgan fingerprint density at radius 1 is 1.39 bits per heavy atom. The maximum atomic E-state index is 6.08. The summed E-state index contributed by atoms with van der Waals surface area (Å²) in [5, 5.41) is 4.36. The monoisotopic (exact) mass is 267 g/mol. The van der Waals surface area contributed by atoms with E-state index >= 15 is 0 Å². The van der Waals surface area contributed by atoms with Gasteiger partial charge in [0.05, 0.1) is 12.3 Å². The quantitative estimate of drug-likeness (QED) is 0.833. The van der Waals surface area contributed by atoms with E-state index in [-0.39, 0.29) is 0 Å². The fourth-order valence-corrected chi connectivity index (χ4v) is 2.68. The van der Waals surface area contributed by atoms with Crippen molar-refractivity contribution in [1.82, 2.24) is 0 Å². The van der Waals surface area contributed by atoms with Gasteiger partial charge in [0.15, 0.2) is 0 Å². The lowest BCUT2D eigenvalue weighted by Crippen LogP contribution is -2.22. The molecule has 1 saturated carbocycles. The summed E-state index contributed by atoms with van der Waals surface area (Å²) in [6.07, 6.45) is 4.87. The molecule has 0 saturated heterocycles. The summed E-state index contributed by atoms with van der Waals surface area (Å²) < 4.78 is 5.77. The average molecular weight is 268 g/mol. The van der Waals surface area contributed by atoms with Crippen molar-refractivity contribution in [3.8, 4) is 5.75 Å². The molecule has 0 aromatic heterocycles. The van der Waals surface area contributed by atoms with E-state index in [4.69, 9.17) is 16.3 Å². The van der Waals surface area contributed by atoms with E-state index in [9.17, 15) is 0 Å². The molecule has 100 valence electrons. The molecule has 18 heavy (non-hydrogen) atoms. The van der Waals surface area contributed by atoms with E-state index in [1.54, 1.807) is 0 Å². The zero-order valence-electron chi connectivity index (χ0n) is 11.2. The van der Waals surface area contributed by atoms with Crippen molar-refractivity contribution < 1.29 is 4.74 Å². The molecule has 3 heteroatoms. The molecule has 2 rings (SSSR count). The van der Waals surface area contributed by atoms with Crippen molar-refractivity contribution in [2.24, 2.45) is 5.92 Å². The number of hydrogen-bond donors (Lipinski definition) is 1. The predicted molar refractivity (Wildman–Crippen MR) is 77.7 cm³/mol. The Bertz CT molecular complexity index is 394. The van der Waals surface area contributed by atoms with Gasteiger partial charge in [-0.15, -0.1) is 0 Å². The van der Waals surface area contributed by atoms with Crippen LogP contribution in [0.15, 0.2) is 18.2 Å². The van der Waals surface area contributed by atoms with Crippen LogP contribution in [0.3, 0.4) is 0 Å². The molecule has 2 nitrogen and oxygen atoms in total. The number of benzene rings is 1. The SMILES string of the molecule is CCCOc1ccc(Cl)cc1NC1CCCC1C. The zero-order valence-corrected chi connectivity index (χ0v) is 12.0. The van der Waals surface area contributed by atoms with Gasteiger partial charge < -0.3 is 10.1 Å². The number of halogens is 1. The summed E-state index contributed by atoms with van der Waals surface area (Å²) in [6.45, 7) is 5.17. The summed E-state index contributed by atoms with van der Waals surface area (Å²) in [4.78, 5) is 0. The highest BCUT2D eigenvalue weighted by Crippen LogP contribution is 2.33. The minimum Gasteiger partial charge on any atom is -0.491 e. The highest BCUT2D eigenvalue weighted by atomic mass is 35.5. The Hall–Kier alpha value is -0.890. The molecule has 0 spiro atoms. The molecule has 1 aliphatic carbocycles. The van der Waals surface area contributed by atoms with Crippen LogP contribution in [0.1, 0.15) is 39.5 Å². The highest BCUT2D eigenvalue weighted by Gasteiger charge is 2.23. The average Bonchev–Trinajstić information content (AvgIpc) is 2.74. The van der Waals surface area contributed by atoms with Gasteiger partial charge >= 0.3 is 0 Å². The molecule has 1 aliphatic rings. The fourth-order valence-electron chi connectivity index (χ4n) is 2.51. The first-order valence-corrected chi connectivity index (χ1v) is 7.27. The van der Waals surface area contributed by atoms with Gasteiger partial charge in [-0.25, -0.2) is 0 Å². The lowest BCUT2D eigenvalue weighted by Gasteiger charge is -2.21. The van der Waals surface area contributed by atoms with E-state index in [2.05, 4.69) is 19.2 Å². The molecule has 0 heterocycles. The maximum Gasteiger partial charge on any atom is 0.142 e. The van der Waals surface area contributed by atoms with Crippen molar-refractivity contribution in [1.29, 1.82) is 0 Å². The molecule has 1 aromatic carbocycles. The maximum absolute atomic E-state index is 6.08. The largest absolute Gasteiger partial charge is 0.491 e. The van der Waals surface area contributed by atoms with Crippen LogP contribution < -0.4 is 10.1 Å². The second-order valence-electron chi connectivity index (χ2n) is 5.15. The van der Waals surface area contributed by atoms with E-state index in [0.717, 1.165) is 35.4 Å². The predicted octanol–water partition coefficient (Wildman–Crippen LogP) is 4.73. The van der Waals surface area contributed by atoms with E-state index < -0.39 is 0 Å². The van der Waals surface area contributed by atoms with Gasteiger partial charge in [0, 0.05) is 11.1 Å². The van der Waals surface area contributed by atoms with Gasteiger partial charge in [0.25, 0.3) is 0 Å². The molecular formula is C15H22ClNO. The smallest absolute Gasteiger partial charge is 0.142 e. The molecule has 1 N–H and O–H groups in total.